The van der Waals surface area contributed by atoms with Gasteiger partial charge in [0.15, 0.2) is 0 Å². The third-order valence-electron chi connectivity index (χ3n) is 4.03. The minimum Gasteiger partial charge on any atom is -0.478 e. The quantitative estimate of drug-likeness (QED) is 0.818. The number of rotatable bonds is 3. The predicted octanol–water partition coefficient (Wildman–Crippen LogP) is 1.38. The van der Waals surface area contributed by atoms with Crippen LogP contribution in [-0.2, 0) is 9.31 Å². The Morgan fingerprint density at radius 3 is 1.86 bits per heavy atom. The molecule has 1 aliphatic heterocycles. The number of hydrogen-bond acceptors (Lipinski definition) is 4. The van der Waals surface area contributed by atoms with Gasteiger partial charge < -0.3 is 19.5 Å². The van der Waals surface area contributed by atoms with Crippen LogP contribution in [-0.4, -0.2) is 40.5 Å². The first-order valence-corrected chi connectivity index (χ1v) is 6.51. The normalized spacial score (nSPS) is 19.5. The Morgan fingerprint density at radius 1 is 0.952 bits per heavy atom. The molecule has 7 heteroatoms. The summed E-state index contributed by atoms with van der Waals surface area (Å²) in [7, 11) is -0.726. The largest absolute Gasteiger partial charge is 0.494 e. The zero-order valence-electron chi connectivity index (χ0n) is 12.3. The zero-order chi connectivity index (χ0) is 16.0. The monoisotopic (exact) mass is 292 g/mol. The standard InChI is InChI=1S/C14H17BO6/c1-13(2)14(3,4)21-15(20-13)8-5-6-9(11(16)17)10(7-8)12(18)19/h5-7H,1-4H3,(H,16,17)(H,18,19). The fraction of sp³-hybridized carbons (Fsp3) is 0.429. The summed E-state index contributed by atoms with van der Waals surface area (Å²) in [5, 5.41) is 18.2. The van der Waals surface area contributed by atoms with Gasteiger partial charge >= 0.3 is 19.1 Å². The molecule has 112 valence electrons. The van der Waals surface area contributed by atoms with E-state index in [1.807, 2.05) is 27.7 Å². The number of carbonyl (C=O) groups is 2. The summed E-state index contributed by atoms with van der Waals surface area (Å²) >= 11 is 0. The van der Waals surface area contributed by atoms with Gasteiger partial charge in [0.1, 0.15) is 0 Å². The smallest absolute Gasteiger partial charge is 0.478 e. The fourth-order valence-electron chi connectivity index (χ4n) is 2.05. The van der Waals surface area contributed by atoms with E-state index in [0.717, 1.165) is 0 Å². The van der Waals surface area contributed by atoms with Crippen LogP contribution in [0.15, 0.2) is 18.2 Å². The maximum atomic E-state index is 11.2. The van der Waals surface area contributed by atoms with Crippen LogP contribution < -0.4 is 5.46 Å². The third-order valence-corrected chi connectivity index (χ3v) is 4.03. The van der Waals surface area contributed by atoms with Crippen molar-refractivity contribution in [2.75, 3.05) is 0 Å². The minimum absolute atomic E-state index is 0.261. The average molecular weight is 292 g/mol. The van der Waals surface area contributed by atoms with Crippen molar-refractivity contribution in [2.24, 2.45) is 0 Å². The molecule has 0 spiro atoms. The highest BCUT2D eigenvalue weighted by molar-refractivity contribution is 6.62. The summed E-state index contributed by atoms with van der Waals surface area (Å²) in [5.41, 5.74) is -1.16. The SMILES string of the molecule is CC1(C)OB(c2ccc(C(=O)O)c(C(=O)O)c2)OC1(C)C. The van der Waals surface area contributed by atoms with Crippen LogP contribution in [0.25, 0.3) is 0 Å². The van der Waals surface area contributed by atoms with Gasteiger partial charge in [-0.15, -0.1) is 0 Å². The molecular weight excluding hydrogens is 275 g/mol. The molecule has 1 fully saturated rings. The highest BCUT2D eigenvalue weighted by atomic mass is 16.7. The molecule has 1 heterocycles. The van der Waals surface area contributed by atoms with E-state index < -0.39 is 30.3 Å². The lowest BCUT2D eigenvalue weighted by Crippen LogP contribution is -2.41. The molecule has 0 bridgehead atoms. The first-order chi connectivity index (χ1) is 9.55. The molecular formula is C14H17BO6. The van der Waals surface area contributed by atoms with E-state index in [1.54, 1.807) is 0 Å². The second-order valence-electron chi connectivity index (χ2n) is 6.00. The van der Waals surface area contributed by atoms with Crippen LogP contribution in [0.5, 0.6) is 0 Å². The number of benzene rings is 1. The van der Waals surface area contributed by atoms with Gasteiger partial charge in [-0.2, -0.15) is 0 Å². The van der Waals surface area contributed by atoms with Crippen molar-refractivity contribution >= 4 is 24.5 Å². The second-order valence-corrected chi connectivity index (χ2v) is 6.00. The van der Waals surface area contributed by atoms with E-state index in [2.05, 4.69) is 0 Å². The van der Waals surface area contributed by atoms with Gasteiger partial charge in [-0.1, -0.05) is 6.07 Å². The summed E-state index contributed by atoms with van der Waals surface area (Å²) in [6.07, 6.45) is 0. The number of hydrogen-bond donors (Lipinski definition) is 2. The van der Waals surface area contributed by atoms with Crippen LogP contribution in [0.2, 0.25) is 0 Å². The number of carboxylic acid groups (broad SMARTS) is 2. The Hall–Kier alpha value is -1.86. The molecule has 0 aliphatic carbocycles. The molecule has 0 saturated carbocycles. The van der Waals surface area contributed by atoms with Gasteiger partial charge in [-0.05, 0) is 45.3 Å². The topological polar surface area (TPSA) is 93.1 Å². The maximum absolute atomic E-state index is 11.2. The van der Waals surface area contributed by atoms with Gasteiger partial charge in [0.25, 0.3) is 0 Å². The summed E-state index contributed by atoms with van der Waals surface area (Å²) in [6.45, 7) is 7.54. The van der Waals surface area contributed by atoms with Crippen molar-refractivity contribution < 1.29 is 29.1 Å². The van der Waals surface area contributed by atoms with Crippen molar-refractivity contribution in [1.82, 2.24) is 0 Å². The molecule has 1 aromatic carbocycles. The van der Waals surface area contributed by atoms with Gasteiger partial charge in [0.05, 0.1) is 22.3 Å². The van der Waals surface area contributed by atoms with Crippen molar-refractivity contribution in [3.8, 4) is 0 Å². The van der Waals surface area contributed by atoms with Gasteiger partial charge in [-0.3, -0.25) is 0 Å². The molecule has 0 atom stereocenters. The Balaban J connectivity index is 2.41. The third kappa shape index (κ3) is 2.66. The van der Waals surface area contributed by atoms with Crippen LogP contribution in [0.3, 0.4) is 0 Å². The molecule has 0 amide bonds. The molecule has 2 rings (SSSR count). The highest BCUT2D eigenvalue weighted by Gasteiger charge is 2.51. The van der Waals surface area contributed by atoms with Gasteiger partial charge in [0, 0.05) is 0 Å². The molecule has 2 N–H and O–H groups in total. The van der Waals surface area contributed by atoms with E-state index in [0.29, 0.717) is 5.46 Å². The fourth-order valence-corrected chi connectivity index (χ4v) is 2.05. The number of carboxylic acids is 2. The Kier molecular flexibility index (Phi) is 3.59. The molecule has 1 aliphatic rings. The van der Waals surface area contributed by atoms with E-state index in [4.69, 9.17) is 19.5 Å². The lowest BCUT2D eigenvalue weighted by Gasteiger charge is -2.32. The molecule has 0 unspecified atom stereocenters. The van der Waals surface area contributed by atoms with Crippen molar-refractivity contribution in [2.45, 2.75) is 38.9 Å². The summed E-state index contributed by atoms with van der Waals surface area (Å²) < 4.78 is 11.6. The Bertz CT molecular complexity index is 591. The molecule has 6 nitrogen and oxygen atoms in total. The molecule has 0 radical (unpaired) electrons. The summed E-state index contributed by atoms with van der Waals surface area (Å²) in [4.78, 5) is 22.2. The van der Waals surface area contributed by atoms with Gasteiger partial charge in [-0.25, -0.2) is 9.59 Å². The zero-order valence-corrected chi connectivity index (χ0v) is 12.3. The van der Waals surface area contributed by atoms with Crippen LogP contribution in [0, 0.1) is 0 Å². The van der Waals surface area contributed by atoms with Crippen molar-refractivity contribution in [1.29, 1.82) is 0 Å². The van der Waals surface area contributed by atoms with Crippen LogP contribution in [0.1, 0.15) is 48.4 Å². The maximum Gasteiger partial charge on any atom is 0.494 e. The Labute approximate surface area is 122 Å². The van der Waals surface area contributed by atoms with E-state index >= 15 is 0 Å². The van der Waals surface area contributed by atoms with Crippen LogP contribution >= 0.6 is 0 Å². The molecule has 1 aromatic rings. The molecule has 21 heavy (non-hydrogen) atoms. The van der Waals surface area contributed by atoms with E-state index in [9.17, 15) is 9.59 Å². The molecule has 0 aromatic heterocycles. The molecule has 1 saturated heterocycles. The summed E-state index contributed by atoms with van der Waals surface area (Å²) in [6, 6.07) is 4.05. The van der Waals surface area contributed by atoms with Crippen molar-refractivity contribution in [3.63, 3.8) is 0 Å². The Morgan fingerprint density at radius 2 is 1.43 bits per heavy atom. The second kappa shape index (κ2) is 4.86. The average Bonchev–Trinajstić information content (AvgIpc) is 2.57. The summed E-state index contributed by atoms with van der Waals surface area (Å²) in [5.74, 6) is -2.58. The van der Waals surface area contributed by atoms with Crippen molar-refractivity contribution in [3.05, 3.63) is 29.3 Å². The van der Waals surface area contributed by atoms with Crippen LogP contribution in [0.4, 0.5) is 0 Å². The lowest BCUT2D eigenvalue weighted by atomic mass is 9.77. The van der Waals surface area contributed by atoms with E-state index in [-0.39, 0.29) is 11.1 Å². The van der Waals surface area contributed by atoms with E-state index in [1.165, 1.54) is 18.2 Å². The first-order valence-electron chi connectivity index (χ1n) is 6.51. The number of aromatic carboxylic acids is 2. The lowest BCUT2D eigenvalue weighted by molar-refractivity contribution is 0.00578. The highest BCUT2D eigenvalue weighted by Crippen LogP contribution is 2.36. The predicted molar refractivity (Wildman–Crippen MR) is 76.1 cm³/mol. The van der Waals surface area contributed by atoms with Gasteiger partial charge in [0.2, 0.25) is 0 Å². The first kappa shape index (κ1) is 15.5. The minimum atomic E-state index is -1.30.